The van der Waals surface area contributed by atoms with E-state index in [1.54, 1.807) is 43.6 Å². The molecule has 0 heterocycles. The molecule has 2 amide bonds. The van der Waals surface area contributed by atoms with Gasteiger partial charge in [-0.05, 0) is 48.0 Å². The van der Waals surface area contributed by atoms with Gasteiger partial charge < -0.3 is 20.7 Å². The van der Waals surface area contributed by atoms with Crippen molar-refractivity contribution in [3.05, 3.63) is 77.5 Å². The number of carbonyl (C=O) groups is 2. The number of amides is 2. The number of carbonyl (C=O) groups excluding carboxylic acids is 2. The summed E-state index contributed by atoms with van der Waals surface area (Å²) in [6, 6.07) is 12.6. The molecule has 0 aromatic heterocycles. The van der Waals surface area contributed by atoms with Crippen molar-refractivity contribution >= 4 is 11.8 Å². The van der Waals surface area contributed by atoms with Crippen molar-refractivity contribution in [1.29, 1.82) is 0 Å². The molecular weight excluding hydrogens is 342 g/mol. The van der Waals surface area contributed by atoms with E-state index >= 15 is 0 Å². The van der Waals surface area contributed by atoms with Gasteiger partial charge in [0.2, 0.25) is 0 Å². The highest BCUT2D eigenvalue weighted by atomic mass is 16.5. The summed E-state index contributed by atoms with van der Waals surface area (Å²) in [6.45, 7) is 6.22. The minimum absolute atomic E-state index is 0.159. The van der Waals surface area contributed by atoms with Crippen LogP contribution in [0.3, 0.4) is 0 Å². The highest BCUT2D eigenvalue weighted by Gasteiger charge is 2.11. The van der Waals surface area contributed by atoms with Crippen LogP contribution in [0.2, 0.25) is 0 Å². The number of hydrogen-bond donors (Lipinski definition) is 3. The molecule has 0 radical (unpaired) electrons. The average molecular weight is 367 g/mol. The maximum Gasteiger partial charge on any atom is 0.251 e. The first-order valence-corrected chi connectivity index (χ1v) is 8.78. The Morgan fingerprint density at radius 2 is 1.89 bits per heavy atom. The molecule has 2 aromatic carbocycles. The van der Waals surface area contributed by atoms with Gasteiger partial charge in [0, 0.05) is 24.7 Å². The number of hydrogen-bond acceptors (Lipinski definition) is 4. The van der Waals surface area contributed by atoms with E-state index in [0.29, 0.717) is 23.4 Å². The molecule has 6 nitrogen and oxygen atoms in total. The van der Waals surface area contributed by atoms with Gasteiger partial charge in [0.1, 0.15) is 5.75 Å². The molecule has 0 saturated carbocycles. The molecule has 2 aromatic rings. The third-order valence-electron chi connectivity index (χ3n) is 4.03. The molecule has 0 aliphatic rings. The first-order valence-electron chi connectivity index (χ1n) is 8.78. The molecular formula is C21H25N3O3. The zero-order chi connectivity index (χ0) is 19.6. The summed E-state index contributed by atoms with van der Waals surface area (Å²) in [4.78, 5) is 24.2. The van der Waals surface area contributed by atoms with E-state index in [0.717, 1.165) is 17.5 Å². The predicted octanol–water partition coefficient (Wildman–Crippen LogP) is 2.61. The van der Waals surface area contributed by atoms with Crippen molar-refractivity contribution < 1.29 is 14.3 Å². The summed E-state index contributed by atoms with van der Waals surface area (Å²) in [5, 5.41) is 8.33. The summed E-state index contributed by atoms with van der Waals surface area (Å²) < 4.78 is 5.67. The zero-order valence-electron chi connectivity index (χ0n) is 15.7. The molecule has 3 N–H and O–H groups in total. The van der Waals surface area contributed by atoms with E-state index < -0.39 is 0 Å². The lowest BCUT2D eigenvalue weighted by molar-refractivity contribution is 0.0948. The number of rotatable bonds is 9. The van der Waals surface area contributed by atoms with Gasteiger partial charge in [-0.3, -0.25) is 9.59 Å². The highest BCUT2D eigenvalue weighted by Crippen LogP contribution is 2.21. The molecule has 0 saturated heterocycles. The summed E-state index contributed by atoms with van der Waals surface area (Å²) >= 11 is 0. The topological polar surface area (TPSA) is 79.5 Å². The predicted molar refractivity (Wildman–Crippen MR) is 106 cm³/mol. The van der Waals surface area contributed by atoms with Crippen LogP contribution in [0.15, 0.2) is 55.2 Å². The Labute approximate surface area is 159 Å². The number of benzene rings is 2. The SMILES string of the molecule is C=CNCOc1cc(C(=O)NCc2cccc(C(=O)NC)c2)ccc1CC. The third-order valence-corrected chi connectivity index (χ3v) is 4.03. The lowest BCUT2D eigenvalue weighted by Crippen LogP contribution is -2.23. The Morgan fingerprint density at radius 1 is 1.11 bits per heavy atom. The molecule has 0 fully saturated rings. The van der Waals surface area contributed by atoms with Crippen molar-refractivity contribution in [2.45, 2.75) is 19.9 Å². The van der Waals surface area contributed by atoms with E-state index in [9.17, 15) is 9.59 Å². The van der Waals surface area contributed by atoms with Crippen LogP contribution in [0.4, 0.5) is 0 Å². The fraction of sp³-hybridized carbons (Fsp3) is 0.238. The summed E-state index contributed by atoms with van der Waals surface area (Å²) in [5.74, 6) is 0.305. The van der Waals surface area contributed by atoms with Crippen LogP contribution in [0, 0.1) is 0 Å². The molecule has 0 aliphatic heterocycles. The van der Waals surface area contributed by atoms with Gasteiger partial charge in [-0.1, -0.05) is 31.7 Å². The average Bonchev–Trinajstić information content (AvgIpc) is 2.71. The second kappa shape index (κ2) is 10.0. The van der Waals surface area contributed by atoms with Crippen LogP contribution in [0.1, 0.15) is 38.8 Å². The van der Waals surface area contributed by atoms with Crippen LogP contribution < -0.4 is 20.7 Å². The molecule has 27 heavy (non-hydrogen) atoms. The van der Waals surface area contributed by atoms with E-state index in [-0.39, 0.29) is 18.5 Å². The van der Waals surface area contributed by atoms with Crippen molar-refractivity contribution in [2.75, 3.05) is 13.8 Å². The van der Waals surface area contributed by atoms with Crippen LogP contribution in [0.5, 0.6) is 5.75 Å². The van der Waals surface area contributed by atoms with Crippen LogP contribution >= 0.6 is 0 Å². The minimum atomic E-state index is -0.204. The lowest BCUT2D eigenvalue weighted by atomic mass is 10.1. The zero-order valence-corrected chi connectivity index (χ0v) is 15.7. The molecule has 0 atom stereocenters. The summed E-state index contributed by atoms with van der Waals surface area (Å²) in [7, 11) is 1.58. The van der Waals surface area contributed by atoms with Gasteiger partial charge >= 0.3 is 0 Å². The molecule has 0 unspecified atom stereocenters. The van der Waals surface area contributed by atoms with E-state index in [4.69, 9.17) is 4.74 Å². The molecule has 0 spiro atoms. The normalized spacial score (nSPS) is 10.0. The second-order valence-electron chi connectivity index (χ2n) is 5.84. The minimum Gasteiger partial charge on any atom is -0.473 e. The first-order chi connectivity index (χ1) is 13.1. The van der Waals surface area contributed by atoms with Gasteiger partial charge in [-0.15, -0.1) is 0 Å². The Morgan fingerprint density at radius 3 is 2.59 bits per heavy atom. The Hall–Kier alpha value is -3.28. The molecule has 6 heteroatoms. The second-order valence-corrected chi connectivity index (χ2v) is 5.84. The summed E-state index contributed by atoms with van der Waals surface area (Å²) in [5.41, 5.74) is 2.95. The van der Waals surface area contributed by atoms with E-state index in [1.807, 2.05) is 19.1 Å². The van der Waals surface area contributed by atoms with Crippen molar-refractivity contribution in [3.63, 3.8) is 0 Å². The number of ether oxygens (including phenoxy) is 1. The summed E-state index contributed by atoms with van der Waals surface area (Å²) in [6.07, 6.45) is 2.35. The Balaban J connectivity index is 2.06. The lowest BCUT2D eigenvalue weighted by Gasteiger charge is -2.13. The molecule has 0 aliphatic carbocycles. The Kier molecular flexibility index (Phi) is 7.43. The standard InChI is InChI=1S/C21H25N3O3/c1-4-16-9-10-18(12-19(16)27-14-23-5-2)21(26)24-13-15-7-6-8-17(11-15)20(25)22-3/h5-12,23H,2,4,13-14H2,1,3H3,(H,22,25)(H,24,26). The van der Waals surface area contributed by atoms with Crippen LogP contribution in [-0.4, -0.2) is 25.6 Å². The fourth-order valence-electron chi connectivity index (χ4n) is 2.55. The third kappa shape index (κ3) is 5.60. The van der Waals surface area contributed by atoms with E-state index in [2.05, 4.69) is 22.5 Å². The van der Waals surface area contributed by atoms with Crippen molar-refractivity contribution in [1.82, 2.24) is 16.0 Å². The fourth-order valence-corrected chi connectivity index (χ4v) is 2.55. The van der Waals surface area contributed by atoms with Crippen molar-refractivity contribution in [3.8, 4) is 5.75 Å². The highest BCUT2D eigenvalue weighted by molar-refractivity contribution is 5.95. The van der Waals surface area contributed by atoms with Crippen molar-refractivity contribution in [2.24, 2.45) is 0 Å². The smallest absolute Gasteiger partial charge is 0.251 e. The van der Waals surface area contributed by atoms with Gasteiger partial charge in [0.25, 0.3) is 11.8 Å². The monoisotopic (exact) mass is 367 g/mol. The molecule has 142 valence electrons. The largest absolute Gasteiger partial charge is 0.473 e. The van der Waals surface area contributed by atoms with Crippen LogP contribution in [-0.2, 0) is 13.0 Å². The van der Waals surface area contributed by atoms with Gasteiger partial charge in [0.15, 0.2) is 6.73 Å². The molecule has 2 rings (SSSR count). The Bertz CT molecular complexity index is 818. The maximum atomic E-state index is 12.5. The molecule has 0 bridgehead atoms. The van der Waals surface area contributed by atoms with Crippen LogP contribution in [0.25, 0.3) is 0 Å². The quantitative estimate of drug-likeness (QED) is 0.470. The first kappa shape index (κ1) is 20.0. The van der Waals surface area contributed by atoms with Gasteiger partial charge in [-0.2, -0.15) is 0 Å². The van der Waals surface area contributed by atoms with Gasteiger partial charge in [-0.25, -0.2) is 0 Å². The number of aryl methyl sites for hydroxylation is 1. The number of nitrogens with one attached hydrogen (secondary N) is 3. The maximum absolute atomic E-state index is 12.5. The van der Waals surface area contributed by atoms with Gasteiger partial charge in [0.05, 0.1) is 0 Å². The van der Waals surface area contributed by atoms with E-state index in [1.165, 1.54) is 0 Å².